The Bertz CT molecular complexity index is 1030. The van der Waals surface area contributed by atoms with Gasteiger partial charge in [-0.3, -0.25) is 9.59 Å². The van der Waals surface area contributed by atoms with Crippen LogP contribution in [0.5, 0.6) is 0 Å². The molecule has 1 fully saturated rings. The number of hydrogen-bond acceptors (Lipinski definition) is 4. The second-order valence-corrected chi connectivity index (χ2v) is 7.39. The zero-order valence-corrected chi connectivity index (χ0v) is 16.4. The fourth-order valence-corrected chi connectivity index (χ4v) is 3.11. The van der Waals surface area contributed by atoms with Gasteiger partial charge >= 0.3 is 0 Å². The lowest BCUT2D eigenvalue weighted by Crippen LogP contribution is -2.14. The molecule has 0 unspecified atom stereocenters. The van der Waals surface area contributed by atoms with Crippen molar-refractivity contribution in [3.8, 4) is 11.3 Å². The van der Waals surface area contributed by atoms with Crippen LogP contribution in [0.2, 0.25) is 5.02 Å². The maximum Gasteiger partial charge on any atom is 0.227 e. The van der Waals surface area contributed by atoms with Crippen LogP contribution in [0.25, 0.3) is 11.3 Å². The van der Waals surface area contributed by atoms with Crippen molar-refractivity contribution in [1.29, 1.82) is 0 Å². The molecule has 6 nitrogen and oxygen atoms in total. The second kappa shape index (κ2) is 8.49. The number of anilines is 2. The first-order chi connectivity index (χ1) is 14.1. The Morgan fingerprint density at radius 2 is 1.72 bits per heavy atom. The summed E-state index contributed by atoms with van der Waals surface area (Å²) in [6.45, 7) is 0. The Morgan fingerprint density at radius 3 is 2.41 bits per heavy atom. The number of benzene rings is 2. The van der Waals surface area contributed by atoms with Crippen LogP contribution in [-0.4, -0.2) is 16.8 Å². The van der Waals surface area contributed by atoms with E-state index < -0.39 is 0 Å². The maximum atomic E-state index is 12.2. The van der Waals surface area contributed by atoms with Crippen molar-refractivity contribution in [1.82, 2.24) is 4.98 Å². The number of hydrogen-bond donors (Lipinski definition) is 2. The molecule has 2 N–H and O–H groups in total. The van der Waals surface area contributed by atoms with Gasteiger partial charge in [-0.25, -0.2) is 4.98 Å². The molecule has 0 atom stereocenters. The number of nitrogens with one attached hydrogen (secondary N) is 2. The number of carbonyl (C=O) groups excluding carboxylic acids is 2. The third-order valence-corrected chi connectivity index (χ3v) is 4.97. The summed E-state index contributed by atoms with van der Waals surface area (Å²) in [4.78, 5) is 28.2. The number of halogens is 1. The predicted molar refractivity (Wildman–Crippen MR) is 112 cm³/mol. The van der Waals surface area contributed by atoms with Crippen molar-refractivity contribution >= 4 is 34.8 Å². The summed E-state index contributed by atoms with van der Waals surface area (Å²) in [5, 5.41) is 6.29. The summed E-state index contributed by atoms with van der Waals surface area (Å²) in [5.41, 5.74) is 2.17. The molecular formula is C22H20ClN3O3. The van der Waals surface area contributed by atoms with Gasteiger partial charge in [-0.15, -0.1) is 0 Å². The highest BCUT2D eigenvalue weighted by molar-refractivity contribution is 6.33. The van der Waals surface area contributed by atoms with Crippen molar-refractivity contribution < 1.29 is 14.0 Å². The molecule has 3 aromatic rings. The summed E-state index contributed by atoms with van der Waals surface area (Å²) in [5.74, 6) is 1.13. The second-order valence-electron chi connectivity index (χ2n) is 6.99. The van der Waals surface area contributed by atoms with Gasteiger partial charge in [0.05, 0.1) is 11.2 Å². The lowest BCUT2D eigenvalue weighted by atomic mass is 10.2. The number of aromatic nitrogens is 1. The molecule has 0 saturated heterocycles. The van der Waals surface area contributed by atoms with E-state index in [1.807, 2.05) is 18.2 Å². The molecule has 148 valence electrons. The Kier molecular flexibility index (Phi) is 5.62. The summed E-state index contributed by atoms with van der Waals surface area (Å²) >= 11 is 6.17. The fourth-order valence-electron chi connectivity index (χ4n) is 2.88. The monoisotopic (exact) mass is 409 g/mol. The molecule has 1 aliphatic carbocycles. The van der Waals surface area contributed by atoms with Gasteiger partial charge in [0.2, 0.25) is 11.8 Å². The molecule has 2 aromatic carbocycles. The number of rotatable bonds is 7. The molecule has 29 heavy (non-hydrogen) atoms. The van der Waals surface area contributed by atoms with E-state index in [-0.39, 0.29) is 24.2 Å². The third-order valence-electron chi connectivity index (χ3n) is 4.64. The van der Waals surface area contributed by atoms with Gasteiger partial charge in [0.15, 0.2) is 11.7 Å². The Labute approximate surface area is 173 Å². The van der Waals surface area contributed by atoms with Gasteiger partial charge in [0.1, 0.15) is 0 Å². The van der Waals surface area contributed by atoms with Crippen molar-refractivity contribution in [3.05, 3.63) is 65.6 Å². The number of amides is 2. The van der Waals surface area contributed by atoms with Crippen molar-refractivity contribution in [2.45, 2.75) is 25.7 Å². The lowest BCUT2D eigenvalue weighted by molar-refractivity contribution is -0.117. The summed E-state index contributed by atoms with van der Waals surface area (Å²) in [7, 11) is 0. The predicted octanol–water partition coefficient (Wildman–Crippen LogP) is 4.91. The molecule has 0 bridgehead atoms. The van der Waals surface area contributed by atoms with Crippen LogP contribution in [0.1, 0.15) is 25.2 Å². The maximum absolute atomic E-state index is 12.2. The van der Waals surface area contributed by atoms with Gasteiger partial charge in [-0.05, 0) is 49.2 Å². The van der Waals surface area contributed by atoms with E-state index in [9.17, 15) is 9.59 Å². The Balaban J connectivity index is 1.28. The Hall–Kier alpha value is -3.12. The van der Waals surface area contributed by atoms with Gasteiger partial charge < -0.3 is 15.1 Å². The van der Waals surface area contributed by atoms with Crippen LogP contribution < -0.4 is 10.6 Å². The van der Waals surface area contributed by atoms with Gasteiger partial charge in [0.25, 0.3) is 0 Å². The molecule has 1 aromatic heterocycles. The van der Waals surface area contributed by atoms with Crippen LogP contribution in [-0.2, 0) is 16.0 Å². The molecule has 0 radical (unpaired) electrons. The Morgan fingerprint density at radius 1 is 1.03 bits per heavy atom. The SMILES string of the molecule is O=C(CCc1ncc(-c2ccccc2Cl)o1)Nc1ccc(NC(=O)C2CC2)cc1. The minimum Gasteiger partial charge on any atom is -0.441 e. The summed E-state index contributed by atoms with van der Waals surface area (Å²) in [6.07, 6.45) is 4.16. The van der Waals surface area contributed by atoms with E-state index in [0.717, 1.165) is 24.1 Å². The quantitative estimate of drug-likeness (QED) is 0.580. The molecule has 0 aliphatic heterocycles. The standard InChI is InChI=1S/C22H20ClN3O3/c23-18-4-2-1-3-17(18)19-13-24-21(29-19)12-11-20(27)25-15-7-9-16(10-8-15)26-22(28)14-5-6-14/h1-4,7-10,13-14H,5-6,11-12H2,(H,25,27)(H,26,28). The van der Waals surface area contributed by atoms with Crippen LogP contribution >= 0.6 is 11.6 Å². The van der Waals surface area contributed by atoms with Gasteiger partial charge in [-0.2, -0.15) is 0 Å². The number of nitrogens with zero attached hydrogens (tertiary/aromatic N) is 1. The first-order valence-corrected chi connectivity index (χ1v) is 9.86. The zero-order chi connectivity index (χ0) is 20.2. The minimum absolute atomic E-state index is 0.0592. The van der Waals surface area contributed by atoms with Crippen LogP contribution in [0, 0.1) is 5.92 Å². The fraction of sp³-hybridized carbons (Fsp3) is 0.227. The van der Waals surface area contributed by atoms with Gasteiger partial charge in [-0.1, -0.05) is 23.7 Å². The highest BCUT2D eigenvalue weighted by Crippen LogP contribution is 2.30. The normalized spacial score (nSPS) is 13.1. The van der Waals surface area contributed by atoms with Crippen LogP contribution in [0.3, 0.4) is 0 Å². The van der Waals surface area contributed by atoms with E-state index in [1.54, 1.807) is 36.5 Å². The largest absolute Gasteiger partial charge is 0.441 e. The molecule has 4 rings (SSSR count). The molecule has 2 amide bonds. The van der Waals surface area contributed by atoms with E-state index >= 15 is 0 Å². The van der Waals surface area contributed by atoms with E-state index in [1.165, 1.54) is 0 Å². The summed E-state index contributed by atoms with van der Waals surface area (Å²) < 4.78 is 5.71. The number of aryl methyl sites for hydroxylation is 1. The van der Waals surface area contributed by atoms with Crippen molar-refractivity contribution in [2.24, 2.45) is 5.92 Å². The smallest absolute Gasteiger partial charge is 0.227 e. The van der Waals surface area contributed by atoms with Crippen LogP contribution in [0.4, 0.5) is 11.4 Å². The number of carbonyl (C=O) groups is 2. The topological polar surface area (TPSA) is 84.2 Å². The third kappa shape index (κ3) is 5.03. The highest BCUT2D eigenvalue weighted by atomic mass is 35.5. The highest BCUT2D eigenvalue weighted by Gasteiger charge is 2.29. The van der Waals surface area contributed by atoms with E-state index in [4.69, 9.17) is 16.0 Å². The van der Waals surface area contributed by atoms with Crippen molar-refractivity contribution in [2.75, 3.05) is 10.6 Å². The number of oxazole rings is 1. The first-order valence-electron chi connectivity index (χ1n) is 9.49. The summed E-state index contributed by atoms with van der Waals surface area (Å²) in [6, 6.07) is 14.5. The lowest BCUT2D eigenvalue weighted by Gasteiger charge is -2.07. The zero-order valence-electron chi connectivity index (χ0n) is 15.7. The minimum atomic E-state index is -0.141. The molecule has 7 heteroatoms. The van der Waals surface area contributed by atoms with Gasteiger partial charge in [0, 0.05) is 35.7 Å². The van der Waals surface area contributed by atoms with E-state index in [2.05, 4.69) is 15.6 Å². The molecule has 1 aliphatic rings. The molecule has 1 saturated carbocycles. The molecular weight excluding hydrogens is 390 g/mol. The molecule has 1 heterocycles. The average molecular weight is 410 g/mol. The first kappa shape index (κ1) is 19.2. The van der Waals surface area contributed by atoms with Crippen LogP contribution in [0.15, 0.2) is 59.1 Å². The van der Waals surface area contributed by atoms with Crippen molar-refractivity contribution in [3.63, 3.8) is 0 Å². The van der Waals surface area contributed by atoms with E-state index in [0.29, 0.717) is 28.8 Å². The molecule has 0 spiro atoms. The average Bonchev–Trinajstić information content (AvgIpc) is 3.47.